The van der Waals surface area contributed by atoms with Gasteiger partial charge in [-0.1, -0.05) is 6.92 Å². The van der Waals surface area contributed by atoms with E-state index in [9.17, 15) is 13.2 Å². The standard InChI is InChI=1S/C18H24N2O4S2/c1-13(12-26(22,23)16-8-6-15(24-3)7-9-16)18(21)19-10-4-5-17-20-14(2)11-25-17/h6-9,11,13H,4-5,10,12H2,1-3H3,(H,19,21). The number of rotatable bonds is 9. The summed E-state index contributed by atoms with van der Waals surface area (Å²) in [5, 5.41) is 5.85. The lowest BCUT2D eigenvalue weighted by Gasteiger charge is -2.13. The number of sulfone groups is 1. The van der Waals surface area contributed by atoms with E-state index in [0.717, 1.165) is 23.5 Å². The van der Waals surface area contributed by atoms with Gasteiger partial charge in [-0.05, 0) is 37.6 Å². The van der Waals surface area contributed by atoms with Crippen molar-refractivity contribution in [3.05, 3.63) is 40.3 Å². The molecular formula is C18H24N2O4S2. The van der Waals surface area contributed by atoms with Crippen molar-refractivity contribution in [3.63, 3.8) is 0 Å². The third kappa shape index (κ3) is 5.81. The number of aryl methyl sites for hydroxylation is 2. The molecule has 1 amide bonds. The molecule has 1 N–H and O–H groups in total. The lowest BCUT2D eigenvalue weighted by atomic mass is 10.2. The number of nitrogens with zero attached hydrogens (tertiary/aromatic N) is 1. The number of amides is 1. The van der Waals surface area contributed by atoms with Gasteiger partial charge in [0.2, 0.25) is 5.91 Å². The molecular weight excluding hydrogens is 372 g/mol. The van der Waals surface area contributed by atoms with Crippen molar-refractivity contribution < 1.29 is 17.9 Å². The van der Waals surface area contributed by atoms with Crippen LogP contribution in [0.5, 0.6) is 5.75 Å². The number of ether oxygens (including phenoxy) is 1. The van der Waals surface area contributed by atoms with E-state index in [1.54, 1.807) is 30.4 Å². The van der Waals surface area contributed by atoms with Crippen molar-refractivity contribution in [1.29, 1.82) is 0 Å². The zero-order valence-corrected chi connectivity index (χ0v) is 16.8. The predicted octanol–water partition coefficient (Wildman–Crippen LogP) is 2.62. The van der Waals surface area contributed by atoms with E-state index in [2.05, 4.69) is 10.3 Å². The van der Waals surface area contributed by atoms with Crippen LogP contribution < -0.4 is 10.1 Å². The van der Waals surface area contributed by atoms with Crippen molar-refractivity contribution >= 4 is 27.1 Å². The molecule has 1 unspecified atom stereocenters. The molecule has 8 heteroatoms. The molecule has 2 rings (SSSR count). The Labute approximate surface area is 158 Å². The maximum absolute atomic E-state index is 12.4. The van der Waals surface area contributed by atoms with E-state index < -0.39 is 15.8 Å². The molecule has 0 radical (unpaired) electrons. The average molecular weight is 397 g/mol. The molecule has 2 aromatic rings. The first-order valence-electron chi connectivity index (χ1n) is 8.37. The van der Waals surface area contributed by atoms with Crippen molar-refractivity contribution in [2.75, 3.05) is 19.4 Å². The van der Waals surface area contributed by atoms with Crippen LogP contribution in [0.4, 0.5) is 0 Å². The summed E-state index contributed by atoms with van der Waals surface area (Å²) in [6, 6.07) is 6.18. The molecule has 0 bridgehead atoms. The van der Waals surface area contributed by atoms with Crippen LogP contribution in [0.2, 0.25) is 0 Å². The van der Waals surface area contributed by atoms with E-state index in [-0.39, 0.29) is 16.6 Å². The minimum absolute atomic E-state index is 0.192. The molecule has 0 aliphatic rings. The fourth-order valence-electron chi connectivity index (χ4n) is 2.43. The van der Waals surface area contributed by atoms with Gasteiger partial charge in [0.25, 0.3) is 0 Å². The fourth-order valence-corrected chi connectivity index (χ4v) is 4.80. The summed E-state index contributed by atoms with van der Waals surface area (Å²) in [7, 11) is -2.01. The molecule has 1 aromatic carbocycles. The SMILES string of the molecule is COc1ccc(S(=O)(=O)CC(C)C(=O)NCCCc2nc(C)cs2)cc1. The van der Waals surface area contributed by atoms with Crippen molar-refractivity contribution in [2.45, 2.75) is 31.6 Å². The van der Waals surface area contributed by atoms with Crippen molar-refractivity contribution in [2.24, 2.45) is 5.92 Å². The number of hydrogen-bond donors (Lipinski definition) is 1. The van der Waals surface area contributed by atoms with Gasteiger partial charge in [-0.2, -0.15) is 0 Å². The molecule has 1 aromatic heterocycles. The lowest BCUT2D eigenvalue weighted by molar-refractivity contribution is -0.123. The Bertz CT molecular complexity index is 829. The van der Waals surface area contributed by atoms with Crippen molar-refractivity contribution in [3.8, 4) is 5.75 Å². The first-order chi connectivity index (χ1) is 12.3. The van der Waals surface area contributed by atoms with Crippen LogP contribution in [0, 0.1) is 12.8 Å². The number of methoxy groups -OCH3 is 1. The van der Waals surface area contributed by atoms with Crippen LogP contribution in [0.25, 0.3) is 0 Å². The van der Waals surface area contributed by atoms with Gasteiger partial charge in [0.15, 0.2) is 9.84 Å². The normalized spacial score (nSPS) is 12.6. The summed E-state index contributed by atoms with van der Waals surface area (Å²) in [5.74, 6) is -0.511. The van der Waals surface area contributed by atoms with Gasteiger partial charge in [0, 0.05) is 30.0 Å². The zero-order valence-electron chi connectivity index (χ0n) is 15.2. The Kier molecular flexibility index (Phi) is 7.16. The van der Waals surface area contributed by atoms with E-state index in [0.29, 0.717) is 12.3 Å². The van der Waals surface area contributed by atoms with Crippen LogP contribution >= 0.6 is 11.3 Å². The van der Waals surface area contributed by atoms with Gasteiger partial charge in [0.05, 0.1) is 22.8 Å². The quantitative estimate of drug-likeness (QED) is 0.659. The van der Waals surface area contributed by atoms with Crippen LogP contribution in [0.1, 0.15) is 24.0 Å². The maximum atomic E-state index is 12.4. The topological polar surface area (TPSA) is 85.4 Å². The van der Waals surface area contributed by atoms with E-state index >= 15 is 0 Å². The third-order valence-corrected chi connectivity index (χ3v) is 6.82. The van der Waals surface area contributed by atoms with E-state index in [1.165, 1.54) is 19.2 Å². The molecule has 0 fully saturated rings. The number of aromatic nitrogens is 1. The summed E-state index contributed by atoms with van der Waals surface area (Å²) >= 11 is 1.61. The molecule has 0 saturated carbocycles. The van der Waals surface area contributed by atoms with Gasteiger partial charge < -0.3 is 10.1 Å². The highest BCUT2D eigenvalue weighted by Gasteiger charge is 2.23. The molecule has 142 valence electrons. The van der Waals surface area contributed by atoms with Gasteiger partial charge in [-0.3, -0.25) is 4.79 Å². The second-order valence-corrected chi connectivity index (χ2v) is 9.11. The van der Waals surface area contributed by atoms with E-state index in [4.69, 9.17) is 4.74 Å². The lowest BCUT2D eigenvalue weighted by Crippen LogP contribution is -2.33. The highest BCUT2D eigenvalue weighted by molar-refractivity contribution is 7.91. The number of carbonyl (C=O) groups is 1. The minimum Gasteiger partial charge on any atom is -0.497 e. The molecule has 0 aliphatic carbocycles. The van der Waals surface area contributed by atoms with Crippen LogP contribution in [-0.2, 0) is 21.1 Å². The summed E-state index contributed by atoms with van der Waals surface area (Å²) in [4.78, 5) is 16.7. The number of thiazole rings is 1. The summed E-state index contributed by atoms with van der Waals surface area (Å²) < 4.78 is 29.9. The number of benzene rings is 1. The molecule has 0 aliphatic heterocycles. The summed E-state index contributed by atoms with van der Waals surface area (Å²) in [6.07, 6.45) is 1.58. The van der Waals surface area contributed by atoms with Crippen LogP contribution in [0.3, 0.4) is 0 Å². The largest absolute Gasteiger partial charge is 0.497 e. The molecule has 6 nitrogen and oxygen atoms in total. The molecule has 26 heavy (non-hydrogen) atoms. The number of carbonyl (C=O) groups excluding carboxylic acids is 1. The first-order valence-corrected chi connectivity index (χ1v) is 10.9. The van der Waals surface area contributed by atoms with Gasteiger partial charge >= 0.3 is 0 Å². The monoisotopic (exact) mass is 396 g/mol. The Morgan fingerprint density at radius 3 is 2.58 bits per heavy atom. The second-order valence-electron chi connectivity index (χ2n) is 6.14. The number of hydrogen-bond acceptors (Lipinski definition) is 6. The fraction of sp³-hybridized carbons (Fsp3) is 0.444. The highest BCUT2D eigenvalue weighted by atomic mass is 32.2. The number of nitrogens with one attached hydrogen (secondary N) is 1. The summed E-state index contributed by atoms with van der Waals surface area (Å²) in [6.45, 7) is 4.08. The molecule has 1 heterocycles. The van der Waals surface area contributed by atoms with Crippen molar-refractivity contribution in [1.82, 2.24) is 10.3 Å². The minimum atomic E-state index is -3.53. The molecule has 1 atom stereocenters. The highest BCUT2D eigenvalue weighted by Crippen LogP contribution is 2.18. The van der Waals surface area contributed by atoms with Crippen LogP contribution in [0.15, 0.2) is 34.5 Å². The molecule has 0 spiro atoms. The predicted molar refractivity (Wildman–Crippen MR) is 102 cm³/mol. The average Bonchev–Trinajstić information content (AvgIpc) is 3.03. The Morgan fingerprint density at radius 2 is 2.00 bits per heavy atom. The Morgan fingerprint density at radius 1 is 1.31 bits per heavy atom. The Hall–Kier alpha value is -1.93. The van der Waals surface area contributed by atoms with Gasteiger partial charge in [-0.25, -0.2) is 13.4 Å². The smallest absolute Gasteiger partial charge is 0.223 e. The second kappa shape index (κ2) is 9.14. The van der Waals surface area contributed by atoms with Gasteiger partial charge in [-0.15, -0.1) is 11.3 Å². The third-order valence-electron chi connectivity index (χ3n) is 3.87. The summed E-state index contributed by atoms with van der Waals surface area (Å²) in [5.41, 5.74) is 1.01. The zero-order chi connectivity index (χ0) is 19.2. The van der Waals surface area contributed by atoms with Crippen LogP contribution in [-0.4, -0.2) is 38.7 Å². The maximum Gasteiger partial charge on any atom is 0.223 e. The van der Waals surface area contributed by atoms with E-state index in [1.807, 2.05) is 12.3 Å². The Balaban J connectivity index is 1.81. The van der Waals surface area contributed by atoms with Gasteiger partial charge in [0.1, 0.15) is 5.75 Å². The first kappa shape index (κ1) is 20.4. The molecule has 0 saturated heterocycles.